The van der Waals surface area contributed by atoms with E-state index in [-0.39, 0.29) is 18.4 Å². The molecule has 6 nitrogen and oxygen atoms in total. The van der Waals surface area contributed by atoms with Crippen LogP contribution in [0.2, 0.25) is 0 Å². The third-order valence-corrected chi connectivity index (χ3v) is 6.24. The van der Waals surface area contributed by atoms with E-state index in [0.29, 0.717) is 31.0 Å². The van der Waals surface area contributed by atoms with Gasteiger partial charge in [0.2, 0.25) is 0 Å². The molecule has 2 aromatic rings. The van der Waals surface area contributed by atoms with Gasteiger partial charge in [0.05, 0.1) is 18.7 Å². The van der Waals surface area contributed by atoms with E-state index in [4.69, 9.17) is 4.74 Å². The lowest BCUT2D eigenvalue weighted by atomic mass is 10.0. The van der Waals surface area contributed by atoms with Gasteiger partial charge in [-0.2, -0.15) is 0 Å². The highest BCUT2D eigenvalue weighted by Crippen LogP contribution is 2.33. The molecule has 0 aromatic heterocycles. The zero-order valence-corrected chi connectivity index (χ0v) is 18.4. The fourth-order valence-corrected chi connectivity index (χ4v) is 4.36. The van der Waals surface area contributed by atoms with Crippen LogP contribution in [0.1, 0.15) is 16.7 Å². The summed E-state index contributed by atoms with van der Waals surface area (Å²) in [7, 11) is 1.57. The molecule has 0 bridgehead atoms. The Morgan fingerprint density at radius 3 is 2.19 bits per heavy atom. The van der Waals surface area contributed by atoms with E-state index < -0.39 is 0 Å². The summed E-state index contributed by atoms with van der Waals surface area (Å²) < 4.78 is 5.12. The van der Waals surface area contributed by atoms with Gasteiger partial charge in [0, 0.05) is 39.0 Å². The smallest absolute Gasteiger partial charge is 0.277 e. The molecule has 1 saturated heterocycles. The van der Waals surface area contributed by atoms with Crippen molar-refractivity contribution in [2.75, 3.05) is 51.3 Å². The first-order valence-corrected chi connectivity index (χ1v) is 10.7. The molecule has 0 aliphatic carbocycles. The van der Waals surface area contributed by atoms with Crippen molar-refractivity contribution in [1.29, 1.82) is 0 Å². The van der Waals surface area contributed by atoms with Gasteiger partial charge in [-0.15, -0.1) is 0 Å². The van der Waals surface area contributed by atoms with Gasteiger partial charge in [-0.1, -0.05) is 42.5 Å². The van der Waals surface area contributed by atoms with Crippen molar-refractivity contribution in [2.24, 2.45) is 0 Å². The molecule has 2 amide bonds. The van der Waals surface area contributed by atoms with Gasteiger partial charge in [0.15, 0.2) is 0 Å². The number of benzene rings is 2. The molecule has 0 radical (unpaired) electrons. The van der Waals surface area contributed by atoms with Crippen molar-refractivity contribution < 1.29 is 14.3 Å². The fourth-order valence-electron chi connectivity index (χ4n) is 4.36. The van der Waals surface area contributed by atoms with Gasteiger partial charge in [-0.25, -0.2) is 0 Å². The number of carbonyl (C=O) groups excluding carboxylic acids is 2. The first-order valence-electron chi connectivity index (χ1n) is 10.7. The van der Waals surface area contributed by atoms with Crippen molar-refractivity contribution >= 4 is 23.1 Å². The second-order valence-corrected chi connectivity index (χ2v) is 8.04. The predicted molar refractivity (Wildman–Crippen MR) is 122 cm³/mol. The van der Waals surface area contributed by atoms with Crippen LogP contribution in [0.5, 0.6) is 0 Å². The lowest BCUT2D eigenvalue weighted by Crippen LogP contribution is -2.48. The number of ether oxygens (including phenoxy) is 1. The molecular weight excluding hydrogens is 390 g/mol. The fraction of sp³-hybridized carbons (Fsp3) is 0.360. The zero-order valence-electron chi connectivity index (χ0n) is 18.4. The minimum absolute atomic E-state index is 0.221. The number of hydrogen-bond donors (Lipinski definition) is 0. The quantitative estimate of drug-likeness (QED) is 0.674. The largest absolute Gasteiger partial charge is 0.383 e. The van der Waals surface area contributed by atoms with E-state index in [1.807, 2.05) is 30.3 Å². The second kappa shape index (κ2) is 8.94. The number of imide groups is 1. The Morgan fingerprint density at radius 1 is 0.839 bits per heavy atom. The van der Waals surface area contributed by atoms with Crippen LogP contribution in [0, 0.1) is 13.8 Å². The highest BCUT2D eigenvalue weighted by atomic mass is 16.5. The third kappa shape index (κ3) is 3.95. The summed E-state index contributed by atoms with van der Waals surface area (Å²) >= 11 is 0. The standard InChI is InChI=1S/C25H29N3O3/c1-18-8-7-11-21(19(18)2)26-12-14-27(15-13-26)23-22(20-9-5-4-6-10-20)24(29)28(25(23)30)16-17-31-3/h4-11H,12-17H2,1-3H3. The number of anilines is 1. The van der Waals surface area contributed by atoms with Crippen LogP contribution >= 0.6 is 0 Å². The van der Waals surface area contributed by atoms with E-state index in [2.05, 4.69) is 41.8 Å². The van der Waals surface area contributed by atoms with Crippen molar-refractivity contribution in [3.8, 4) is 0 Å². The molecule has 0 spiro atoms. The Balaban J connectivity index is 1.61. The Hall–Kier alpha value is -3.12. The Labute approximate surface area is 183 Å². The predicted octanol–water partition coefficient (Wildman–Crippen LogP) is 2.85. The van der Waals surface area contributed by atoms with Crippen LogP contribution in [-0.2, 0) is 14.3 Å². The lowest BCUT2D eigenvalue weighted by Gasteiger charge is -2.38. The number of nitrogens with zero attached hydrogens (tertiary/aromatic N) is 3. The molecule has 4 rings (SSSR count). The number of hydrogen-bond acceptors (Lipinski definition) is 5. The number of amides is 2. The summed E-state index contributed by atoms with van der Waals surface area (Å²) in [5.41, 5.74) is 5.62. The Kier molecular flexibility index (Phi) is 6.09. The van der Waals surface area contributed by atoms with E-state index in [9.17, 15) is 9.59 Å². The normalized spacial score (nSPS) is 17.2. The number of aryl methyl sites for hydroxylation is 1. The third-order valence-electron chi connectivity index (χ3n) is 6.24. The van der Waals surface area contributed by atoms with Crippen molar-refractivity contribution in [1.82, 2.24) is 9.80 Å². The molecule has 1 fully saturated rings. The SMILES string of the molecule is COCCN1C(=O)C(c2ccccc2)=C(N2CCN(c3cccc(C)c3C)CC2)C1=O. The molecule has 0 unspecified atom stereocenters. The van der Waals surface area contributed by atoms with Gasteiger partial charge in [-0.05, 0) is 36.6 Å². The van der Waals surface area contributed by atoms with Crippen molar-refractivity contribution in [3.63, 3.8) is 0 Å². The Bertz CT molecular complexity index is 1010. The molecule has 162 valence electrons. The molecule has 31 heavy (non-hydrogen) atoms. The van der Waals surface area contributed by atoms with E-state index in [1.54, 1.807) is 7.11 Å². The van der Waals surface area contributed by atoms with Crippen molar-refractivity contribution in [3.05, 3.63) is 70.9 Å². The minimum atomic E-state index is -0.236. The van der Waals surface area contributed by atoms with Gasteiger partial charge in [0.1, 0.15) is 5.70 Å². The lowest BCUT2D eigenvalue weighted by molar-refractivity contribution is -0.138. The van der Waals surface area contributed by atoms with Crippen LogP contribution in [0.25, 0.3) is 5.57 Å². The van der Waals surface area contributed by atoms with Crippen molar-refractivity contribution in [2.45, 2.75) is 13.8 Å². The molecule has 2 heterocycles. The summed E-state index contributed by atoms with van der Waals surface area (Å²) in [6.07, 6.45) is 0. The van der Waals surface area contributed by atoms with Gasteiger partial charge >= 0.3 is 0 Å². The maximum absolute atomic E-state index is 13.3. The highest BCUT2D eigenvalue weighted by Gasteiger charge is 2.41. The van der Waals surface area contributed by atoms with Crippen LogP contribution in [0.3, 0.4) is 0 Å². The summed E-state index contributed by atoms with van der Waals surface area (Å²) in [5.74, 6) is -0.457. The van der Waals surface area contributed by atoms with Gasteiger partial charge < -0.3 is 14.5 Å². The maximum Gasteiger partial charge on any atom is 0.277 e. The highest BCUT2D eigenvalue weighted by molar-refractivity contribution is 6.35. The van der Waals surface area contributed by atoms with Crippen LogP contribution in [0.4, 0.5) is 5.69 Å². The molecule has 0 saturated carbocycles. The molecular formula is C25H29N3O3. The number of piperazine rings is 1. The maximum atomic E-state index is 13.3. The average molecular weight is 420 g/mol. The van der Waals surface area contributed by atoms with Gasteiger partial charge in [0.25, 0.3) is 11.8 Å². The first-order chi connectivity index (χ1) is 15.0. The average Bonchev–Trinajstić information content (AvgIpc) is 3.04. The van der Waals surface area contributed by atoms with Crippen LogP contribution in [0.15, 0.2) is 54.2 Å². The van der Waals surface area contributed by atoms with E-state index >= 15 is 0 Å². The first kappa shape index (κ1) is 21.1. The molecule has 0 atom stereocenters. The van der Waals surface area contributed by atoms with Crippen LogP contribution < -0.4 is 4.90 Å². The Morgan fingerprint density at radius 2 is 1.52 bits per heavy atom. The molecule has 2 aromatic carbocycles. The van der Waals surface area contributed by atoms with E-state index in [0.717, 1.165) is 18.7 Å². The van der Waals surface area contributed by atoms with E-state index in [1.165, 1.54) is 21.7 Å². The number of rotatable bonds is 6. The molecule has 2 aliphatic heterocycles. The molecule has 0 N–H and O–H groups in total. The summed E-state index contributed by atoms with van der Waals surface area (Å²) in [6, 6.07) is 15.9. The monoisotopic (exact) mass is 419 g/mol. The topological polar surface area (TPSA) is 53.1 Å². The summed E-state index contributed by atoms with van der Waals surface area (Å²) in [6.45, 7) is 7.85. The summed E-state index contributed by atoms with van der Waals surface area (Å²) in [4.78, 5) is 32.3. The second-order valence-electron chi connectivity index (χ2n) is 8.04. The molecule has 6 heteroatoms. The summed E-state index contributed by atoms with van der Waals surface area (Å²) in [5, 5.41) is 0. The minimum Gasteiger partial charge on any atom is -0.383 e. The van der Waals surface area contributed by atoms with Crippen LogP contribution in [-0.4, -0.2) is 68.1 Å². The van der Waals surface area contributed by atoms with Gasteiger partial charge in [-0.3, -0.25) is 14.5 Å². The zero-order chi connectivity index (χ0) is 22.0. The molecule has 2 aliphatic rings. The number of methoxy groups -OCH3 is 1. The number of carbonyl (C=O) groups is 2.